The first-order chi connectivity index (χ1) is 19.9. The quantitative estimate of drug-likeness (QED) is 0.305. The monoisotopic (exact) mass is 548 g/mol. The molecule has 41 heavy (non-hydrogen) atoms. The maximum atomic E-state index is 13.5. The molecule has 4 aromatic carbocycles. The van der Waals surface area contributed by atoms with Crippen LogP contribution in [0.1, 0.15) is 55.3 Å². The molecule has 2 atom stereocenters. The third-order valence-electron chi connectivity index (χ3n) is 8.12. The summed E-state index contributed by atoms with van der Waals surface area (Å²) in [6, 6.07) is 26.3. The van der Waals surface area contributed by atoms with Crippen molar-refractivity contribution >= 4 is 17.8 Å². The summed E-state index contributed by atoms with van der Waals surface area (Å²) in [5.74, 6) is -1.39. The maximum Gasteiger partial charge on any atom is 0.335 e. The van der Waals surface area contributed by atoms with Crippen molar-refractivity contribution in [3.63, 3.8) is 0 Å². The van der Waals surface area contributed by atoms with Gasteiger partial charge in [0.25, 0.3) is 5.91 Å². The molecule has 206 valence electrons. The van der Waals surface area contributed by atoms with E-state index in [0.717, 1.165) is 34.2 Å². The van der Waals surface area contributed by atoms with Crippen molar-refractivity contribution in [2.75, 3.05) is 6.54 Å². The van der Waals surface area contributed by atoms with E-state index in [1.54, 1.807) is 23.1 Å². The van der Waals surface area contributed by atoms with Crippen LogP contribution < -0.4 is 5.32 Å². The molecule has 2 unspecified atom stereocenters. The molecular formula is C34H29FN2O4. The molecule has 0 radical (unpaired) electrons. The SMILES string of the molecule is O=C(O)c1cccc(-c2ccc(CNC(=O)C3CC3c3ccccc3)c3c2CCN(C(=O)c2ccc(F)cc2)C3)c1. The molecule has 1 aliphatic heterocycles. The standard InChI is InChI=1S/C34H29FN2O4/c35-26-12-9-22(10-13-26)33(39)37-16-15-28-27(23-7-4-8-24(17-23)34(40)41)14-11-25(31(28)20-37)19-36-32(38)30-18-29(30)21-5-2-1-3-6-21/h1-14,17,29-30H,15-16,18-20H2,(H,36,38)(H,40,41). The zero-order valence-corrected chi connectivity index (χ0v) is 22.3. The number of hydrogen-bond donors (Lipinski definition) is 2. The highest BCUT2D eigenvalue weighted by molar-refractivity contribution is 5.94. The van der Waals surface area contributed by atoms with E-state index in [4.69, 9.17) is 0 Å². The number of carbonyl (C=O) groups is 3. The number of hydrogen-bond acceptors (Lipinski definition) is 3. The molecule has 4 aromatic rings. The van der Waals surface area contributed by atoms with E-state index in [0.29, 0.717) is 31.6 Å². The van der Waals surface area contributed by atoms with Crippen molar-refractivity contribution in [1.82, 2.24) is 10.2 Å². The summed E-state index contributed by atoms with van der Waals surface area (Å²) in [5, 5.41) is 12.6. The predicted molar refractivity (Wildman–Crippen MR) is 153 cm³/mol. The average Bonchev–Trinajstić information content (AvgIpc) is 3.81. The van der Waals surface area contributed by atoms with Crippen molar-refractivity contribution in [2.24, 2.45) is 5.92 Å². The molecule has 0 aromatic heterocycles. The van der Waals surface area contributed by atoms with E-state index in [9.17, 15) is 23.9 Å². The molecule has 0 bridgehead atoms. The van der Waals surface area contributed by atoms with Crippen LogP contribution >= 0.6 is 0 Å². The molecule has 2 amide bonds. The molecule has 2 N–H and O–H groups in total. The molecule has 1 saturated carbocycles. The molecule has 1 fully saturated rings. The zero-order chi connectivity index (χ0) is 28.5. The maximum absolute atomic E-state index is 13.5. The fourth-order valence-electron chi connectivity index (χ4n) is 5.81. The molecular weight excluding hydrogens is 519 g/mol. The Balaban J connectivity index is 1.28. The first kappa shape index (κ1) is 26.4. The predicted octanol–water partition coefficient (Wildman–Crippen LogP) is 5.81. The third-order valence-corrected chi connectivity index (χ3v) is 8.12. The highest BCUT2D eigenvalue weighted by Crippen LogP contribution is 2.47. The second-order valence-corrected chi connectivity index (χ2v) is 10.7. The first-order valence-electron chi connectivity index (χ1n) is 13.7. The van der Waals surface area contributed by atoms with Crippen molar-refractivity contribution in [3.05, 3.63) is 130 Å². The number of nitrogens with one attached hydrogen (secondary N) is 1. The number of halogens is 1. The van der Waals surface area contributed by atoms with Crippen LogP contribution in [0.4, 0.5) is 4.39 Å². The van der Waals surface area contributed by atoms with Gasteiger partial charge in [-0.05, 0) is 88.5 Å². The van der Waals surface area contributed by atoms with Gasteiger partial charge < -0.3 is 15.3 Å². The number of fused-ring (bicyclic) bond motifs is 1. The summed E-state index contributed by atoms with van der Waals surface area (Å²) in [5.41, 5.74) is 6.39. The Morgan fingerprint density at radius 2 is 1.66 bits per heavy atom. The van der Waals surface area contributed by atoms with E-state index in [2.05, 4.69) is 17.4 Å². The van der Waals surface area contributed by atoms with E-state index in [1.807, 2.05) is 36.4 Å². The van der Waals surface area contributed by atoms with Crippen LogP contribution in [0.3, 0.4) is 0 Å². The van der Waals surface area contributed by atoms with Crippen LogP contribution in [-0.4, -0.2) is 34.3 Å². The van der Waals surface area contributed by atoms with Crippen molar-refractivity contribution in [1.29, 1.82) is 0 Å². The van der Waals surface area contributed by atoms with Crippen molar-refractivity contribution < 1.29 is 23.9 Å². The Labute approximate surface area is 237 Å². The lowest BCUT2D eigenvalue weighted by Crippen LogP contribution is -2.37. The van der Waals surface area contributed by atoms with Crippen molar-refractivity contribution in [2.45, 2.75) is 31.8 Å². The lowest BCUT2D eigenvalue weighted by molar-refractivity contribution is -0.122. The minimum absolute atomic E-state index is 0.0147. The number of carboxylic acid groups (broad SMARTS) is 1. The Bertz CT molecular complexity index is 1630. The number of nitrogens with zero attached hydrogens (tertiary/aromatic N) is 1. The lowest BCUT2D eigenvalue weighted by Gasteiger charge is -2.32. The van der Waals surface area contributed by atoms with E-state index in [-0.39, 0.29) is 29.2 Å². The number of carboxylic acids is 1. The zero-order valence-electron chi connectivity index (χ0n) is 22.3. The Morgan fingerprint density at radius 1 is 0.878 bits per heavy atom. The number of rotatable bonds is 7. The van der Waals surface area contributed by atoms with Crippen LogP contribution in [0.5, 0.6) is 0 Å². The van der Waals surface area contributed by atoms with Gasteiger partial charge in [0.1, 0.15) is 5.82 Å². The minimum Gasteiger partial charge on any atom is -0.478 e. The van der Waals surface area contributed by atoms with Gasteiger partial charge in [-0.15, -0.1) is 0 Å². The third kappa shape index (κ3) is 5.48. The number of carbonyl (C=O) groups excluding carboxylic acids is 2. The molecule has 2 aliphatic rings. The highest BCUT2D eigenvalue weighted by atomic mass is 19.1. The van der Waals surface area contributed by atoms with E-state index in [1.165, 1.54) is 29.8 Å². The molecule has 0 saturated heterocycles. The average molecular weight is 549 g/mol. The number of amides is 2. The summed E-state index contributed by atoms with van der Waals surface area (Å²) in [6.07, 6.45) is 1.39. The fraction of sp³-hybridized carbons (Fsp3) is 0.206. The summed E-state index contributed by atoms with van der Waals surface area (Å²) < 4.78 is 13.5. The Hall–Kier alpha value is -4.78. The van der Waals surface area contributed by atoms with E-state index >= 15 is 0 Å². The van der Waals surface area contributed by atoms with Gasteiger partial charge in [-0.2, -0.15) is 0 Å². The van der Waals surface area contributed by atoms with Gasteiger partial charge in [-0.1, -0.05) is 54.6 Å². The Morgan fingerprint density at radius 3 is 2.41 bits per heavy atom. The molecule has 7 heteroatoms. The lowest BCUT2D eigenvalue weighted by atomic mass is 9.87. The summed E-state index contributed by atoms with van der Waals surface area (Å²) in [7, 11) is 0. The molecule has 6 rings (SSSR count). The van der Waals surface area contributed by atoms with Gasteiger partial charge in [0, 0.05) is 31.1 Å². The topological polar surface area (TPSA) is 86.7 Å². The largest absolute Gasteiger partial charge is 0.478 e. The van der Waals surface area contributed by atoms with Gasteiger partial charge in [-0.25, -0.2) is 9.18 Å². The van der Waals surface area contributed by atoms with Gasteiger partial charge in [0.2, 0.25) is 5.91 Å². The fourth-order valence-corrected chi connectivity index (χ4v) is 5.81. The molecule has 0 spiro atoms. The smallest absolute Gasteiger partial charge is 0.335 e. The van der Waals surface area contributed by atoms with Crippen LogP contribution in [0.2, 0.25) is 0 Å². The van der Waals surface area contributed by atoms with Crippen LogP contribution in [0.25, 0.3) is 11.1 Å². The molecule has 6 nitrogen and oxygen atoms in total. The van der Waals surface area contributed by atoms with Crippen LogP contribution in [0, 0.1) is 11.7 Å². The second-order valence-electron chi connectivity index (χ2n) is 10.7. The van der Waals surface area contributed by atoms with Gasteiger partial charge >= 0.3 is 5.97 Å². The highest BCUT2D eigenvalue weighted by Gasteiger charge is 2.43. The van der Waals surface area contributed by atoms with Crippen molar-refractivity contribution in [3.8, 4) is 11.1 Å². The van der Waals surface area contributed by atoms with Gasteiger partial charge in [0.05, 0.1) is 5.56 Å². The van der Waals surface area contributed by atoms with Gasteiger partial charge in [-0.3, -0.25) is 9.59 Å². The molecule has 1 aliphatic carbocycles. The second kappa shape index (κ2) is 11.0. The normalized spacial score (nSPS) is 17.4. The first-order valence-corrected chi connectivity index (χ1v) is 13.7. The summed E-state index contributed by atoms with van der Waals surface area (Å²) in [6.45, 7) is 1.12. The Kier molecular flexibility index (Phi) is 7.10. The number of aromatic carboxylic acids is 1. The summed E-state index contributed by atoms with van der Waals surface area (Å²) >= 11 is 0. The van der Waals surface area contributed by atoms with Gasteiger partial charge in [0.15, 0.2) is 0 Å². The molecule has 1 heterocycles. The van der Waals surface area contributed by atoms with E-state index < -0.39 is 11.8 Å². The minimum atomic E-state index is -0.995. The van der Waals surface area contributed by atoms with Crippen LogP contribution in [-0.2, 0) is 24.3 Å². The summed E-state index contributed by atoms with van der Waals surface area (Å²) in [4.78, 5) is 39.7. The van der Waals surface area contributed by atoms with Crippen LogP contribution in [0.15, 0.2) is 91.0 Å². The number of benzene rings is 4.